The molecule has 0 N–H and O–H groups in total. The van der Waals surface area contributed by atoms with Crippen LogP contribution in [-0.2, 0) is 11.3 Å². The number of nitrogens with zero attached hydrogens (tertiary/aromatic N) is 4. The summed E-state index contributed by atoms with van der Waals surface area (Å²) in [6.07, 6.45) is 0. The van der Waals surface area contributed by atoms with Gasteiger partial charge in [-0.05, 0) is 19.4 Å². The van der Waals surface area contributed by atoms with Crippen molar-refractivity contribution < 1.29 is 4.79 Å². The summed E-state index contributed by atoms with van der Waals surface area (Å²) in [6, 6.07) is 12.0. The van der Waals surface area contributed by atoms with E-state index >= 15 is 0 Å². The molecule has 0 unspecified atom stereocenters. The number of likely N-dealkylation sites (N-methyl/N-ethyl adjacent to an activating group) is 1. The Morgan fingerprint density at radius 2 is 1.77 bits per heavy atom. The molecule has 0 spiro atoms. The van der Waals surface area contributed by atoms with Gasteiger partial charge in [-0.15, -0.1) is 0 Å². The van der Waals surface area contributed by atoms with E-state index < -0.39 is 0 Å². The highest BCUT2D eigenvalue weighted by atomic mass is 16.2. The van der Waals surface area contributed by atoms with E-state index in [0.717, 1.165) is 17.1 Å². The van der Waals surface area contributed by atoms with Crippen molar-refractivity contribution in [2.45, 2.75) is 20.4 Å². The van der Waals surface area contributed by atoms with Crippen molar-refractivity contribution in [3.05, 3.63) is 53.5 Å². The minimum atomic E-state index is 0.0462. The van der Waals surface area contributed by atoms with E-state index in [1.54, 1.807) is 19.0 Å². The molecule has 0 bridgehead atoms. The van der Waals surface area contributed by atoms with Crippen molar-refractivity contribution in [2.24, 2.45) is 0 Å². The molecule has 2 rings (SSSR count). The van der Waals surface area contributed by atoms with Gasteiger partial charge in [0.25, 0.3) is 0 Å². The Balaban J connectivity index is 2.29. The van der Waals surface area contributed by atoms with Gasteiger partial charge < -0.3 is 9.80 Å². The van der Waals surface area contributed by atoms with E-state index in [0.29, 0.717) is 12.4 Å². The van der Waals surface area contributed by atoms with E-state index in [1.807, 2.05) is 55.1 Å². The molecule has 0 aliphatic heterocycles. The smallest absolute Gasteiger partial charge is 0.241 e. The van der Waals surface area contributed by atoms with Crippen molar-refractivity contribution in [3.8, 4) is 0 Å². The van der Waals surface area contributed by atoms with Crippen LogP contribution in [0.3, 0.4) is 0 Å². The molecular weight excluding hydrogens is 276 g/mol. The number of benzene rings is 1. The van der Waals surface area contributed by atoms with E-state index in [-0.39, 0.29) is 12.5 Å². The normalized spacial score (nSPS) is 10.4. The number of aromatic nitrogens is 2. The zero-order valence-corrected chi connectivity index (χ0v) is 13.6. The molecule has 0 aliphatic rings. The van der Waals surface area contributed by atoms with Gasteiger partial charge >= 0.3 is 0 Å². The Bertz CT molecular complexity index is 620. The van der Waals surface area contributed by atoms with E-state index in [1.165, 1.54) is 0 Å². The summed E-state index contributed by atoms with van der Waals surface area (Å²) >= 11 is 0. The lowest BCUT2D eigenvalue weighted by atomic mass is 10.2. The fraction of sp³-hybridized carbons (Fsp3) is 0.353. The summed E-state index contributed by atoms with van der Waals surface area (Å²) in [5.74, 6) is 1.54. The average molecular weight is 298 g/mol. The van der Waals surface area contributed by atoms with Crippen LogP contribution < -0.4 is 4.90 Å². The monoisotopic (exact) mass is 298 g/mol. The summed E-state index contributed by atoms with van der Waals surface area (Å²) in [4.78, 5) is 24.5. The predicted octanol–water partition coefficient (Wildman–Crippen LogP) is 2.19. The first-order valence-corrected chi connectivity index (χ1v) is 7.27. The summed E-state index contributed by atoms with van der Waals surface area (Å²) < 4.78 is 0. The van der Waals surface area contributed by atoms with Crippen LogP contribution in [0.5, 0.6) is 0 Å². The maximum absolute atomic E-state index is 12.1. The summed E-state index contributed by atoms with van der Waals surface area (Å²) in [6.45, 7) is 4.73. The highest BCUT2D eigenvalue weighted by Gasteiger charge is 2.15. The van der Waals surface area contributed by atoms with Gasteiger partial charge in [0.2, 0.25) is 5.91 Å². The average Bonchev–Trinajstić information content (AvgIpc) is 2.46. The Kier molecular flexibility index (Phi) is 5.09. The molecule has 1 aromatic heterocycles. The number of carbonyl (C=O) groups excluding carboxylic acids is 1. The molecular formula is C17H22N4O. The second kappa shape index (κ2) is 7.02. The molecule has 0 radical (unpaired) electrons. The van der Waals surface area contributed by atoms with Crippen LogP contribution in [0.2, 0.25) is 0 Å². The Morgan fingerprint density at radius 1 is 1.09 bits per heavy atom. The lowest BCUT2D eigenvalue weighted by Gasteiger charge is -2.25. The quantitative estimate of drug-likeness (QED) is 0.849. The standard InChI is InChI=1S/C17H22N4O/c1-13-10-16(19-14(2)18-13)21(12-17(22)20(3)4)11-15-8-6-5-7-9-15/h5-10H,11-12H2,1-4H3. The molecule has 0 saturated carbocycles. The first kappa shape index (κ1) is 15.9. The van der Waals surface area contributed by atoms with Gasteiger partial charge in [-0.25, -0.2) is 9.97 Å². The summed E-state index contributed by atoms with van der Waals surface area (Å²) in [7, 11) is 3.53. The molecule has 1 amide bonds. The second-order valence-corrected chi connectivity index (χ2v) is 5.54. The fourth-order valence-electron chi connectivity index (χ4n) is 2.19. The molecule has 1 aromatic carbocycles. The lowest BCUT2D eigenvalue weighted by Crippen LogP contribution is -2.37. The molecule has 116 valence electrons. The fourth-order valence-corrected chi connectivity index (χ4v) is 2.19. The number of hydrogen-bond acceptors (Lipinski definition) is 4. The highest BCUT2D eigenvalue weighted by molar-refractivity contribution is 5.80. The van der Waals surface area contributed by atoms with Crippen molar-refractivity contribution in [2.75, 3.05) is 25.5 Å². The summed E-state index contributed by atoms with van der Waals surface area (Å²) in [5, 5.41) is 0. The van der Waals surface area contributed by atoms with Gasteiger partial charge in [-0.2, -0.15) is 0 Å². The van der Waals surface area contributed by atoms with Gasteiger partial charge in [0.05, 0.1) is 6.54 Å². The van der Waals surface area contributed by atoms with E-state index in [9.17, 15) is 4.79 Å². The van der Waals surface area contributed by atoms with Gasteiger partial charge in [-0.1, -0.05) is 30.3 Å². The van der Waals surface area contributed by atoms with Crippen LogP contribution >= 0.6 is 0 Å². The number of hydrogen-bond donors (Lipinski definition) is 0. The Hall–Kier alpha value is -2.43. The highest BCUT2D eigenvalue weighted by Crippen LogP contribution is 2.16. The van der Waals surface area contributed by atoms with Gasteiger partial charge in [-0.3, -0.25) is 4.79 Å². The molecule has 1 heterocycles. The first-order valence-electron chi connectivity index (χ1n) is 7.27. The molecule has 0 atom stereocenters. The number of aryl methyl sites for hydroxylation is 2. The van der Waals surface area contributed by atoms with Crippen molar-refractivity contribution in [1.82, 2.24) is 14.9 Å². The molecule has 0 saturated heterocycles. The van der Waals surface area contributed by atoms with Crippen LogP contribution in [0.25, 0.3) is 0 Å². The number of anilines is 1. The first-order chi connectivity index (χ1) is 10.5. The van der Waals surface area contributed by atoms with Crippen LogP contribution in [-0.4, -0.2) is 41.4 Å². The minimum Gasteiger partial charge on any atom is -0.347 e. The third-order valence-corrected chi connectivity index (χ3v) is 3.32. The minimum absolute atomic E-state index is 0.0462. The molecule has 0 aliphatic carbocycles. The lowest BCUT2D eigenvalue weighted by molar-refractivity contribution is -0.127. The Morgan fingerprint density at radius 3 is 2.36 bits per heavy atom. The number of rotatable bonds is 5. The zero-order chi connectivity index (χ0) is 16.1. The van der Waals surface area contributed by atoms with Crippen LogP contribution in [0, 0.1) is 13.8 Å². The van der Waals surface area contributed by atoms with Gasteiger partial charge in [0, 0.05) is 32.4 Å². The predicted molar refractivity (Wildman–Crippen MR) is 87.7 cm³/mol. The topological polar surface area (TPSA) is 49.3 Å². The number of amides is 1. The molecule has 0 fully saturated rings. The van der Waals surface area contributed by atoms with Crippen LogP contribution in [0.4, 0.5) is 5.82 Å². The van der Waals surface area contributed by atoms with Gasteiger partial charge in [0.15, 0.2) is 0 Å². The molecule has 5 nitrogen and oxygen atoms in total. The van der Waals surface area contributed by atoms with Crippen molar-refractivity contribution >= 4 is 11.7 Å². The molecule has 2 aromatic rings. The van der Waals surface area contributed by atoms with Crippen molar-refractivity contribution in [1.29, 1.82) is 0 Å². The third-order valence-electron chi connectivity index (χ3n) is 3.32. The Labute approximate surface area is 131 Å². The SMILES string of the molecule is Cc1cc(N(CC(=O)N(C)C)Cc2ccccc2)nc(C)n1. The van der Waals surface area contributed by atoms with Crippen LogP contribution in [0.15, 0.2) is 36.4 Å². The molecule has 5 heteroatoms. The van der Waals surface area contributed by atoms with Crippen molar-refractivity contribution in [3.63, 3.8) is 0 Å². The number of carbonyl (C=O) groups is 1. The third kappa shape index (κ3) is 4.28. The van der Waals surface area contributed by atoms with E-state index in [4.69, 9.17) is 0 Å². The maximum atomic E-state index is 12.1. The summed E-state index contributed by atoms with van der Waals surface area (Å²) in [5.41, 5.74) is 2.04. The van der Waals surface area contributed by atoms with E-state index in [2.05, 4.69) is 9.97 Å². The zero-order valence-electron chi connectivity index (χ0n) is 13.6. The van der Waals surface area contributed by atoms with Crippen LogP contribution in [0.1, 0.15) is 17.1 Å². The maximum Gasteiger partial charge on any atom is 0.241 e. The second-order valence-electron chi connectivity index (χ2n) is 5.54. The largest absolute Gasteiger partial charge is 0.347 e. The van der Waals surface area contributed by atoms with Gasteiger partial charge in [0.1, 0.15) is 11.6 Å². The molecule has 22 heavy (non-hydrogen) atoms.